The number of hydrogen-bond donors (Lipinski definition) is 0. The molecule has 0 saturated carbocycles. The van der Waals surface area contributed by atoms with Gasteiger partial charge >= 0.3 is 0 Å². The van der Waals surface area contributed by atoms with Gasteiger partial charge in [0, 0.05) is 16.0 Å². The Morgan fingerprint density at radius 3 is 2.33 bits per heavy atom. The monoisotopic (exact) mass is 370 g/mol. The molecule has 0 radical (unpaired) electrons. The van der Waals surface area contributed by atoms with E-state index in [0.29, 0.717) is 17.9 Å². The summed E-state index contributed by atoms with van der Waals surface area (Å²) in [4.78, 5) is -0.468. The van der Waals surface area contributed by atoms with Gasteiger partial charge in [-0.15, -0.1) is 0 Å². The first kappa shape index (κ1) is 17.4. The number of benzene rings is 2. The predicted octanol–water partition coefficient (Wildman–Crippen LogP) is 4.69. The van der Waals surface area contributed by atoms with Crippen molar-refractivity contribution in [2.75, 3.05) is 5.75 Å². The first-order chi connectivity index (χ1) is 11.3. The van der Waals surface area contributed by atoms with Crippen molar-refractivity contribution in [1.82, 2.24) is 0 Å². The fourth-order valence-corrected chi connectivity index (χ4v) is 5.52. The molecule has 0 fully saturated rings. The molecule has 2 aromatic rings. The maximum atomic E-state index is 14.6. The largest absolute Gasteiger partial charge is 0.224 e. The van der Waals surface area contributed by atoms with Gasteiger partial charge in [0.15, 0.2) is 9.84 Å². The highest BCUT2D eigenvalue weighted by Gasteiger charge is 2.44. The minimum atomic E-state index is -3.81. The van der Waals surface area contributed by atoms with E-state index in [0.717, 1.165) is 17.7 Å². The van der Waals surface area contributed by atoms with Crippen molar-refractivity contribution in [1.29, 1.82) is 0 Å². The Labute approximate surface area is 145 Å². The van der Waals surface area contributed by atoms with Crippen LogP contribution in [-0.2, 0) is 21.7 Å². The Balaban J connectivity index is 2.20. The second kappa shape index (κ2) is 6.12. The average molecular weight is 371 g/mol. The lowest BCUT2D eigenvalue weighted by atomic mass is 9.71. The van der Waals surface area contributed by atoms with Crippen LogP contribution < -0.4 is 0 Å². The third-order valence-electron chi connectivity index (χ3n) is 4.88. The fraction of sp³-hybridized carbons (Fsp3) is 0.333. The van der Waals surface area contributed by atoms with E-state index in [1.54, 1.807) is 12.1 Å². The summed E-state index contributed by atoms with van der Waals surface area (Å²) < 4.78 is 53.5. The van der Waals surface area contributed by atoms with Crippen molar-refractivity contribution >= 4 is 21.4 Å². The zero-order chi connectivity index (χ0) is 17.5. The van der Waals surface area contributed by atoms with Crippen molar-refractivity contribution in [2.45, 2.75) is 36.5 Å². The van der Waals surface area contributed by atoms with Gasteiger partial charge in [-0.25, -0.2) is 17.2 Å². The van der Waals surface area contributed by atoms with Crippen LogP contribution in [0.1, 0.15) is 30.9 Å². The molecule has 1 atom stereocenters. The lowest BCUT2D eigenvalue weighted by Gasteiger charge is -2.38. The Hall–Kier alpha value is -1.46. The molecule has 1 unspecified atom stereocenters. The Bertz CT molecular complexity index is 879. The quantitative estimate of drug-likeness (QED) is 0.785. The van der Waals surface area contributed by atoms with Crippen molar-refractivity contribution in [3.63, 3.8) is 0 Å². The van der Waals surface area contributed by atoms with E-state index in [-0.39, 0.29) is 17.7 Å². The molecule has 128 valence electrons. The van der Waals surface area contributed by atoms with Gasteiger partial charge in [0.1, 0.15) is 16.5 Å². The smallest absolute Gasteiger partial charge is 0.181 e. The summed E-state index contributed by atoms with van der Waals surface area (Å²) in [5.41, 5.74) is 0.155. The zero-order valence-corrected chi connectivity index (χ0v) is 14.7. The van der Waals surface area contributed by atoms with E-state index < -0.39 is 31.8 Å². The van der Waals surface area contributed by atoms with Crippen molar-refractivity contribution in [2.24, 2.45) is 0 Å². The number of sulfone groups is 1. The standard InChI is InChI=1S/C18H17ClF2O2S/c1-2-18(11-12-3-5-13(19)6-4-12)9-10-24(22,23)17-15(21)8-7-14(20)16(17)18/h3-8H,2,9-11H2,1H3. The average Bonchev–Trinajstić information content (AvgIpc) is 2.55. The molecule has 0 bridgehead atoms. The maximum absolute atomic E-state index is 14.6. The van der Waals surface area contributed by atoms with Gasteiger partial charge in [-0.2, -0.15) is 0 Å². The van der Waals surface area contributed by atoms with Gasteiger partial charge in [-0.05, 0) is 49.1 Å². The first-order valence-electron chi connectivity index (χ1n) is 7.75. The molecular weight excluding hydrogens is 354 g/mol. The molecule has 0 aliphatic carbocycles. The summed E-state index contributed by atoms with van der Waals surface area (Å²) in [7, 11) is -3.81. The molecule has 1 aliphatic heterocycles. The Morgan fingerprint density at radius 1 is 1.08 bits per heavy atom. The molecule has 0 aromatic heterocycles. The predicted molar refractivity (Wildman–Crippen MR) is 90.2 cm³/mol. The van der Waals surface area contributed by atoms with E-state index in [9.17, 15) is 17.2 Å². The summed E-state index contributed by atoms with van der Waals surface area (Å²) in [6, 6.07) is 9.05. The molecule has 1 heterocycles. The molecule has 24 heavy (non-hydrogen) atoms. The van der Waals surface area contributed by atoms with E-state index in [1.165, 1.54) is 0 Å². The number of fused-ring (bicyclic) bond motifs is 1. The van der Waals surface area contributed by atoms with Crippen LogP contribution in [0.25, 0.3) is 0 Å². The van der Waals surface area contributed by atoms with E-state index in [1.807, 2.05) is 19.1 Å². The van der Waals surface area contributed by atoms with Crippen LogP contribution >= 0.6 is 11.6 Å². The van der Waals surface area contributed by atoms with Gasteiger partial charge < -0.3 is 0 Å². The highest BCUT2D eigenvalue weighted by Crippen LogP contribution is 2.45. The van der Waals surface area contributed by atoms with Crippen molar-refractivity contribution < 1.29 is 17.2 Å². The van der Waals surface area contributed by atoms with Gasteiger partial charge in [0.05, 0.1) is 5.75 Å². The summed E-state index contributed by atoms with van der Waals surface area (Å²) >= 11 is 5.90. The third kappa shape index (κ3) is 2.84. The molecule has 6 heteroatoms. The fourth-order valence-electron chi connectivity index (χ4n) is 3.54. The normalized spacial score (nSPS) is 22.2. The molecule has 3 rings (SSSR count). The highest BCUT2D eigenvalue weighted by molar-refractivity contribution is 7.91. The minimum absolute atomic E-state index is 0.00815. The highest BCUT2D eigenvalue weighted by atomic mass is 35.5. The Kier molecular flexibility index (Phi) is 4.43. The lowest BCUT2D eigenvalue weighted by molar-refractivity contribution is 0.350. The zero-order valence-electron chi connectivity index (χ0n) is 13.2. The molecule has 0 spiro atoms. The van der Waals surface area contributed by atoms with Crippen LogP contribution in [-0.4, -0.2) is 14.2 Å². The molecule has 2 nitrogen and oxygen atoms in total. The van der Waals surface area contributed by atoms with Gasteiger partial charge in [0.2, 0.25) is 0 Å². The molecule has 2 aromatic carbocycles. The van der Waals surface area contributed by atoms with Crippen LogP contribution in [0.15, 0.2) is 41.3 Å². The molecule has 0 amide bonds. The van der Waals surface area contributed by atoms with Crippen molar-refractivity contribution in [3.8, 4) is 0 Å². The summed E-state index contributed by atoms with van der Waals surface area (Å²) in [5.74, 6) is -1.72. The van der Waals surface area contributed by atoms with E-state index >= 15 is 0 Å². The third-order valence-corrected chi connectivity index (χ3v) is 6.90. The van der Waals surface area contributed by atoms with Crippen LogP contribution in [0.2, 0.25) is 5.02 Å². The second-order valence-corrected chi connectivity index (χ2v) is 8.72. The van der Waals surface area contributed by atoms with Crippen LogP contribution in [0.4, 0.5) is 8.78 Å². The van der Waals surface area contributed by atoms with Crippen LogP contribution in [0, 0.1) is 11.6 Å². The number of halogens is 3. The van der Waals surface area contributed by atoms with Crippen molar-refractivity contribution in [3.05, 3.63) is 64.2 Å². The molecule has 0 saturated heterocycles. The summed E-state index contributed by atoms with van der Waals surface area (Å²) in [6.45, 7) is 1.88. The topological polar surface area (TPSA) is 34.1 Å². The Morgan fingerprint density at radius 2 is 1.71 bits per heavy atom. The molecular formula is C18H17ClF2O2S. The van der Waals surface area contributed by atoms with E-state index in [2.05, 4.69) is 0 Å². The molecule has 0 N–H and O–H groups in total. The SMILES string of the molecule is CCC1(Cc2ccc(Cl)cc2)CCS(=O)(=O)c2c(F)ccc(F)c21. The second-order valence-electron chi connectivity index (χ2n) is 6.24. The van der Waals surface area contributed by atoms with Gasteiger partial charge in [-0.1, -0.05) is 30.7 Å². The summed E-state index contributed by atoms with van der Waals surface area (Å²) in [5, 5.41) is 0.591. The number of rotatable bonds is 3. The van der Waals surface area contributed by atoms with Gasteiger partial charge in [0.25, 0.3) is 0 Å². The lowest BCUT2D eigenvalue weighted by Crippen LogP contribution is -2.38. The van der Waals surface area contributed by atoms with E-state index in [4.69, 9.17) is 11.6 Å². The van der Waals surface area contributed by atoms with Crippen LogP contribution in [0.5, 0.6) is 0 Å². The maximum Gasteiger partial charge on any atom is 0.181 e. The minimum Gasteiger partial charge on any atom is -0.224 e. The summed E-state index contributed by atoms with van der Waals surface area (Å²) in [6.07, 6.45) is 1.21. The van der Waals surface area contributed by atoms with Gasteiger partial charge in [-0.3, -0.25) is 0 Å². The number of hydrogen-bond acceptors (Lipinski definition) is 2. The van der Waals surface area contributed by atoms with Crippen LogP contribution in [0.3, 0.4) is 0 Å². The first-order valence-corrected chi connectivity index (χ1v) is 9.78. The molecule has 1 aliphatic rings.